The van der Waals surface area contributed by atoms with Gasteiger partial charge in [-0.3, -0.25) is 0 Å². The smallest absolute Gasteiger partial charge is 0.121 e. The summed E-state index contributed by atoms with van der Waals surface area (Å²) in [6.45, 7) is 6.21. The van der Waals surface area contributed by atoms with E-state index >= 15 is 0 Å². The zero-order chi connectivity index (χ0) is 9.59. The predicted octanol–water partition coefficient (Wildman–Crippen LogP) is 3.05. The van der Waals surface area contributed by atoms with E-state index in [0.29, 0.717) is 11.0 Å². The van der Waals surface area contributed by atoms with Crippen LogP contribution in [0.25, 0.3) is 0 Å². The summed E-state index contributed by atoms with van der Waals surface area (Å²) < 4.78 is 0. The molecule has 0 saturated carbocycles. The Labute approximate surface area is 83.2 Å². The number of phenolic OH excluding ortho intramolecular Hbond substituents is 1. The van der Waals surface area contributed by atoms with Crippen LogP contribution in [0, 0.1) is 13.8 Å². The molecule has 1 unspecified atom stereocenters. The van der Waals surface area contributed by atoms with Crippen LogP contribution in [-0.4, -0.2) is 10.4 Å². The van der Waals surface area contributed by atoms with E-state index in [2.05, 4.69) is 13.0 Å². The van der Waals surface area contributed by atoms with Crippen LogP contribution in [0.5, 0.6) is 5.75 Å². The molecular weight excluding hydrogens is 180 g/mol. The van der Waals surface area contributed by atoms with Gasteiger partial charge in [-0.15, -0.1) is 11.8 Å². The van der Waals surface area contributed by atoms with Crippen LogP contribution in [0.2, 0.25) is 0 Å². The molecule has 0 spiro atoms. The molecular formula is C11H14OS. The summed E-state index contributed by atoms with van der Waals surface area (Å²) in [6.07, 6.45) is 1.10. The number of phenols is 1. The maximum absolute atomic E-state index is 9.75. The van der Waals surface area contributed by atoms with E-state index in [0.717, 1.165) is 17.5 Å². The van der Waals surface area contributed by atoms with Gasteiger partial charge in [-0.2, -0.15) is 0 Å². The Hall–Kier alpha value is -0.630. The predicted molar refractivity (Wildman–Crippen MR) is 56.6 cm³/mol. The van der Waals surface area contributed by atoms with Crippen LogP contribution in [0.1, 0.15) is 23.6 Å². The van der Waals surface area contributed by atoms with Crippen molar-refractivity contribution in [1.82, 2.24) is 0 Å². The van der Waals surface area contributed by atoms with Gasteiger partial charge in [0.2, 0.25) is 0 Å². The third-order valence-corrected chi connectivity index (χ3v) is 3.83. The molecule has 1 atom stereocenters. The Morgan fingerprint density at radius 1 is 1.46 bits per heavy atom. The average molecular weight is 194 g/mol. The van der Waals surface area contributed by atoms with E-state index < -0.39 is 0 Å². The molecule has 0 radical (unpaired) electrons. The quantitative estimate of drug-likeness (QED) is 0.685. The van der Waals surface area contributed by atoms with Crippen LogP contribution >= 0.6 is 11.8 Å². The summed E-state index contributed by atoms with van der Waals surface area (Å²) >= 11 is 1.92. The first-order valence-corrected chi connectivity index (χ1v) is 5.46. The number of aromatic hydroxyl groups is 1. The lowest BCUT2D eigenvalue weighted by molar-refractivity contribution is 0.465. The Kier molecular flexibility index (Phi) is 2.03. The Bertz CT molecular complexity index is 358. The van der Waals surface area contributed by atoms with E-state index in [1.54, 1.807) is 0 Å². The van der Waals surface area contributed by atoms with Gasteiger partial charge in [-0.1, -0.05) is 6.92 Å². The maximum Gasteiger partial charge on any atom is 0.121 e. The largest absolute Gasteiger partial charge is 0.507 e. The molecule has 1 aromatic rings. The summed E-state index contributed by atoms with van der Waals surface area (Å²) in [5.41, 5.74) is 3.42. The lowest BCUT2D eigenvalue weighted by atomic mass is 10.0. The second-order valence-corrected chi connectivity index (χ2v) is 5.26. The SMILES string of the molecule is Cc1cc2c(c(C)c1O)CC(C)S2. The number of rotatable bonds is 0. The van der Waals surface area contributed by atoms with Crippen LogP contribution in [0.3, 0.4) is 0 Å². The number of aryl methyl sites for hydroxylation is 1. The number of benzene rings is 1. The summed E-state index contributed by atoms with van der Waals surface area (Å²) in [5, 5.41) is 10.4. The zero-order valence-electron chi connectivity index (χ0n) is 8.22. The highest BCUT2D eigenvalue weighted by atomic mass is 32.2. The zero-order valence-corrected chi connectivity index (χ0v) is 9.03. The molecule has 2 rings (SSSR count). The van der Waals surface area contributed by atoms with Crippen molar-refractivity contribution < 1.29 is 5.11 Å². The molecule has 70 valence electrons. The second-order valence-electron chi connectivity index (χ2n) is 3.78. The van der Waals surface area contributed by atoms with Crippen molar-refractivity contribution >= 4 is 11.8 Å². The molecule has 2 heteroatoms. The minimum atomic E-state index is 0.480. The van der Waals surface area contributed by atoms with Crippen molar-refractivity contribution in [2.75, 3.05) is 0 Å². The number of hydrogen-bond donors (Lipinski definition) is 1. The van der Waals surface area contributed by atoms with E-state index in [-0.39, 0.29) is 0 Å². The molecule has 13 heavy (non-hydrogen) atoms. The van der Waals surface area contributed by atoms with E-state index in [4.69, 9.17) is 0 Å². The van der Waals surface area contributed by atoms with Gasteiger partial charge in [0.15, 0.2) is 0 Å². The minimum absolute atomic E-state index is 0.480. The first-order valence-electron chi connectivity index (χ1n) is 4.58. The van der Waals surface area contributed by atoms with Crippen LogP contribution in [0.15, 0.2) is 11.0 Å². The third-order valence-electron chi connectivity index (χ3n) is 2.65. The maximum atomic E-state index is 9.75. The fourth-order valence-electron chi connectivity index (χ4n) is 1.88. The van der Waals surface area contributed by atoms with Crippen molar-refractivity contribution in [3.63, 3.8) is 0 Å². The molecule has 0 aliphatic carbocycles. The van der Waals surface area contributed by atoms with Gasteiger partial charge in [0.1, 0.15) is 5.75 Å². The molecule has 1 nitrogen and oxygen atoms in total. The van der Waals surface area contributed by atoms with E-state index in [9.17, 15) is 5.11 Å². The van der Waals surface area contributed by atoms with Gasteiger partial charge in [0.25, 0.3) is 0 Å². The fourth-order valence-corrected chi connectivity index (χ4v) is 3.19. The highest BCUT2D eigenvalue weighted by molar-refractivity contribution is 8.00. The molecule has 0 bridgehead atoms. The standard InChI is InChI=1S/C11H14OS/c1-6-4-10-9(5-7(2)13-10)8(3)11(6)12/h4,7,12H,5H2,1-3H3. The molecule has 1 aromatic carbocycles. The first kappa shape index (κ1) is 8.95. The molecule has 1 aliphatic rings. The summed E-state index contributed by atoms with van der Waals surface area (Å²) in [6, 6.07) is 2.10. The molecule has 1 aliphatic heterocycles. The molecule has 0 aromatic heterocycles. The Balaban J connectivity index is 2.60. The van der Waals surface area contributed by atoms with Crippen molar-refractivity contribution in [2.45, 2.75) is 37.3 Å². The third kappa shape index (κ3) is 1.33. The highest BCUT2D eigenvalue weighted by Crippen LogP contribution is 2.42. The topological polar surface area (TPSA) is 20.2 Å². The Morgan fingerprint density at radius 2 is 2.15 bits per heavy atom. The van der Waals surface area contributed by atoms with Gasteiger partial charge in [0.05, 0.1) is 0 Å². The van der Waals surface area contributed by atoms with Crippen molar-refractivity contribution in [3.05, 3.63) is 22.8 Å². The van der Waals surface area contributed by atoms with Crippen LogP contribution in [0.4, 0.5) is 0 Å². The monoisotopic (exact) mass is 194 g/mol. The molecule has 1 N–H and O–H groups in total. The summed E-state index contributed by atoms with van der Waals surface area (Å²) in [5.74, 6) is 0.480. The van der Waals surface area contributed by atoms with Gasteiger partial charge in [-0.05, 0) is 43.0 Å². The fraction of sp³-hybridized carbons (Fsp3) is 0.455. The van der Waals surface area contributed by atoms with Crippen LogP contribution < -0.4 is 0 Å². The first-order chi connectivity index (χ1) is 6.09. The van der Waals surface area contributed by atoms with E-state index in [1.165, 1.54) is 10.5 Å². The van der Waals surface area contributed by atoms with Crippen molar-refractivity contribution in [3.8, 4) is 5.75 Å². The van der Waals surface area contributed by atoms with Crippen LogP contribution in [-0.2, 0) is 6.42 Å². The van der Waals surface area contributed by atoms with E-state index in [1.807, 2.05) is 25.6 Å². The summed E-state index contributed by atoms with van der Waals surface area (Å²) in [7, 11) is 0. The summed E-state index contributed by atoms with van der Waals surface area (Å²) in [4.78, 5) is 1.36. The molecule has 0 fully saturated rings. The highest BCUT2D eigenvalue weighted by Gasteiger charge is 2.22. The number of fused-ring (bicyclic) bond motifs is 1. The molecule has 1 heterocycles. The van der Waals surface area contributed by atoms with Crippen molar-refractivity contribution in [2.24, 2.45) is 0 Å². The lowest BCUT2D eigenvalue weighted by Gasteiger charge is -2.08. The molecule has 0 saturated heterocycles. The second kappa shape index (κ2) is 2.95. The molecule has 0 amide bonds. The average Bonchev–Trinajstić information content (AvgIpc) is 2.42. The minimum Gasteiger partial charge on any atom is -0.507 e. The normalized spacial score (nSPS) is 20.4. The van der Waals surface area contributed by atoms with Gasteiger partial charge < -0.3 is 5.11 Å². The number of hydrogen-bond acceptors (Lipinski definition) is 2. The van der Waals surface area contributed by atoms with Gasteiger partial charge in [0, 0.05) is 10.1 Å². The number of thioether (sulfide) groups is 1. The van der Waals surface area contributed by atoms with Crippen molar-refractivity contribution in [1.29, 1.82) is 0 Å². The van der Waals surface area contributed by atoms with Gasteiger partial charge in [-0.25, -0.2) is 0 Å². The van der Waals surface area contributed by atoms with Gasteiger partial charge >= 0.3 is 0 Å². The lowest BCUT2D eigenvalue weighted by Crippen LogP contribution is -1.94. The Morgan fingerprint density at radius 3 is 2.85 bits per heavy atom.